The Kier molecular flexibility index (Phi) is 4.43. The van der Waals surface area contributed by atoms with Crippen molar-refractivity contribution in [1.29, 1.82) is 0 Å². The molecule has 0 bridgehead atoms. The Morgan fingerprint density at radius 1 is 1.30 bits per heavy atom. The molecule has 0 radical (unpaired) electrons. The van der Waals surface area contributed by atoms with Crippen molar-refractivity contribution in [3.63, 3.8) is 0 Å². The molecular weight excluding hydrogens is 296 g/mol. The fourth-order valence-corrected chi connectivity index (χ4v) is 2.83. The highest BCUT2D eigenvalue weighted by Crippen LogP contribution is 2.11. The normalized spacial score (nSPS) is 16.6. The van der Waals surface area contributed by atoms with Gasteiger partial charge >= 0.3 is 0 Å². The molecule has 1 atom stereocenters. The van der Waals surface area contributed by atoms with E-state index in [0.717, 1.165) is 19.5 Å². The van der Waals surface area contributed by atoms with Crippen LogP contribution in [0.1, 0.15) is 16.9 Å². The van der Waals surface area contributed by atoms with Gasteiger partial charge in [-0.15, -0.1) is 0 Å². The number of hydrogen-bond donors (Lipinski definition) is 2. The second-order valence-electron chi connectivity index (χ2n) is 5.70. The number of fused-ring (bicyclic) bond motifs is 1. The lowest BCUT2D eigenvalue weighted by molar-refractivity contribution is -0.930. The molecule has 1 aliphatic rings. The minimum absolute atomic E-state index is 0.00606. The molecule has 0 saturated heterocycles. The van der Waals surface area contributed by atoms with Gasteiger partial charge in [0.1, 0.15) is 19.4 Å². The third-order valence-electron chi connectivity index (χ3n) is 3.95. The minimum Gasteiger partial charge on any atom is -0.477 e. The maximum Gasteiger partial charge on any atom is 0.255 e. The third kappa shape index (κ3) is 3.78. The van der Waals surface area contributed by atoms with Gasteiger partial charge in [0.25, 0.3) is 5.91 Å². The van der Waals surface area contributed by atoms with Gasteiger partial charge in [0.05, 0.1) is 6.54 Å². The highest BCUT2D eigenvalue weighted by atomic mass is 16.5. The summed E-state index contributed by atoms with van der Waals surface area (Å²) in [4.78, 5) is 24.0. The van der Waals surface area contributed by atoms with Crippen molar-refractivity contribution in [2.24, 2.45) is 5.73 Å². The van der Waals surface area contributed by atoms with E-state index < -0.39 is 5.91 Å². The van der Waals surface area contributed by atoms with Crippen LogP contribution in [-0.2, 0) is 24.3 Å². The summed E-state index contributed by atoms with van der Waals surface area (Å²) >= 11 is 0. The molecule has 1 unspecified atom stereocenters. The summed E-state index contributed by atoms with van der Waals surface area (Å²) in [6, 6.07) is 9.84. The summed E-state index contributed by atoms with van der Waals surface area (Å²) in [6.07, 6.45) is 2.27. The molecule has 2 aromatic rings. The third-order valence-corrected chi connectivity index (χ3v) is 3.95. The van der Waals surface area contributed by atoms with E-state index in [4.69, 9.17) is 14.9 Å². The number of carbonyl (C=O) groups excluding carboxylic acids is 1. The number of rotatable bonds is 5. The van der Waals surface area contributed by atoms with Crippen LogP contribution in [0.5, 0.6) is 5.75 Å². The van der Waals surface area contributed by atoms with Gasteiger partial charge in [0.2, 0.25) is 11.2 Å². The predicted molar refractivity (Wildman–Crippen MR) is 83.1 cm³/mol. The van der Waals surface area contributed by atoms with Crippen molar-refractivity contribution < 1.29 is 18.8 Å². The number of ether oxygens (including phenoxy) is 1. The van der Waals surface area contributed by atoms with E-state index in [0.29, 0.717) is 12.3 Å². The number of nitrogens with two attached hydrogens (primary N) is 1. The van der Waals surface area contributed by atoms with E-state index in [-0.39, 0.29) is 17.8 Å². The molecule has 6 heteroatoms. The molecular formula is C17H19N2O4+. The zero-order valence-electron chi connectivity index (χ0n) is 12.7. The lowest BCUT2D eigenvalue weighted by Gasteiger charge is -2.25. The molecule has 1 amide bonds. The molecule has 1 aliphatic heterocycles. The fraction of sp³-hybridized carbons (Fsp3) is 0.294. The lowest BCUT2D eigenvalue weighted by Crippen LogP contribution is -3.10. The fourth-order valence-electron chi connectivity index (χ4n) is 2.83. The Hall–Kier alpha value is -2.60. The first kappa shape index (κ1) is 15.3. The van der Waals surface area contributed by atoms with Crippen LogP contribution < -0.4 is 20.8 Å². The van der Waals surface area contributed by atoms with Crippen LogP contribution >= 0.6 is 0 Å². The van der Waals surface area contributed by atoms with Crippen molar-refractivity contribution in [2.45, 2.75) is 19.5 Å². The van der Waals surface area contributed by atoms with Crippen molar-refractivity contribution in [1.82, 2.24) is 0 Å². The molecule has 1 aromatic carbocycles. The topological polar surface area (TPSA) is 87.0 Å². The summed E-state index contributed by atoms with van der Waals surface area (Å²) in [5, 5.41) is 0. The molecule has 0 fully saturated rings. The predicted octanol–water partition coefficient (Wildman–Crippen LogP) is -0.355. The van der Waals surface area contributed by atoms with Gasteiger partial charge in [-0.2, -0.15) is 0 Å². The van der Waals surface area contributed by atoms with E-state index in [2.05, 4.69) is 18.2 Å². The molecule has 120 valence electrons. The van der Waals surface area contributed by atoms with E-state index >= 15 is 0 Å². The standard InChI is InChI=1S/C17H18N2O4/c18-17(21)11-23-16-10-22-14(7-15(16)20)9-19-6-5-12-3-1-2-4-13(12)8-19/h1-4,7,10H,5-6,8-9,11H2,(H2,18,21)/p+1. The van der Waals surface area contributed by atoms with Crippen molar-refractivity contribution >= 4 is 5.91 Å². The van der Waals surface area contributed by atoms with Gasteiger partial charge in [0, 0.05) is 18.1 Å². The average molecular weight is 315 g/mol. The van der Waals surface area contributed by atoms with Crippen molar-refractivity contribution in [3.8, 4) is 5.75 Å². The average Bonchev–Trinajstić information content (AvgIpc) is 2.54. The first-order valence-corrected chi connectivity index (χ1v) is 7.55. The summed E-state index contributed by atoms with van der Waals surface area (Å²) in [5.74, 6) is -0.0211. The smallest absolute Gasteiger partial charge is 0.255 e. The quantitative estimate of drug-likeness (QED) is 0.789. The lowest BCUT2D eigenvalue weighted by atomic mass is 10.00. The summed E-state index contributed by atoms with van der Waals surface area (Å²) in [7, 11) is 0. The van der Waals surface area contributed by atoms with Crippen LogP contribution in [0.15, 0.2) is 45.8 Å². The van der Waals surface area contributed by atoms with Gasteiger partial charge in [-0.1, -0.05) is 24.3 Å². The maximum atomic E-state index is 11.9. The molecule has 3 rings (SSSR count). The van der Waals surface area contributed by atoms with E-state index in [1.807, 2.05) is 6.07 Å². The number of hydrogen-bond acceptors (Lipinski definition) is 4. The Morgan fingerprint density at radius 3 is 2.83 bits per heavy atom. The maximum absolute atomic E-state index is 11.9. The first-order chi connectivity index (χ1) is 11.1. The Morgan fingerprint density at radius 2 is 2.09 bits per heavy atom. The molecule has 2 heterocycles. The Bertz CT molecular complexity index is 769. The van der Waals surface area contributed by atoms with Gasteiger partial charge in [-0.3, -0.25) is 9.59 Å². The monoisotopic (exact) mass is 315 g/mol. The molecule has 1 aromatic heterocycles. The highest BCUT2D eigenvalue weighted by Gasteiger charge is 2.20. The zero-order valence-corrected chi connectivity index (χ0v) is 12.7. The van der Waals surface area contributed by atoms with Crippen LogP contribution in [-0.4, -0.2) is 19.1 Å². The SMILES string of the molecule is NC(=O)COc1coc(C[NH+]2CCc3ccccc3C2)cc1=O. The largest absolute Gasteiger partial charge is 0.477 e. The van der Waals surface area contributed by atoms with Gasteiger partial charge in [-0.25, -0.2) is 0 Å². The molecule has 3 N–H and O–H groups in total. The number of carbonyl (C=O) groups is 1. The molecule has 0 spiro atoms. The van der Waals surface area contributed by atoms with Gasteiger partial charge in [0.15, 0.2) is 12.4 Å². The van der Waals surface area contributed by atoms with Crippen LogP contribution in [0.4, 0.5) is 0 Å². The second-order valence-corrected chi connectivity index (χ2v) is 5.70. The number of benzene rings is 1. The molecule has 0 aliphatic carbocycles. The Labute approximate surface area is 133 Å². The molecule has 23 heavy (non-hydrogen) atoms. The molecule has 6 nitrogen and oxygen atoms in total. The van der Waals surface area contributed by atoms with E-state index in [9.17, 15) is 9.59 Å². The number of quaternary nitrogens is 1. The summed E-state index contributed by atoms with van der Waals surface area (Å²) in [5.41, 5.74) is 7.42. The van der Waals surface area contributed by atoms with E-state index in [1.54, 1.807) is 0 Å². The number of amides is 1. The zero-order chi connectivity index (χ0) is 16.2. The number of primary amides is 1. The summed E-state index contributed by atoms with van der Waals surface area (Å²) < 4.78 is 10.5. The van der Waals surface area contributed by atoms with Crippen LogP contribution in [0, 0.1) is 0 Å². The minimum atomic E-state index is -0.634. The van der Waals surface area contributed by atoms with Crippen molar-refractivity contribution in [3.05, 3.63) is 63.7 Å². The second kappa shape index (κ2) is 6.66. The van der Waals surface area contributed by atoms with E-state index in [1.165, 1.54) is 28.4 Å². The number of nitrogens with one attached hydrogen (secondary N) is 1. The van der Waals surface area contributed by atoms with Crippen molar-refractivity contribution in [2.75, 3.05) is 13.2 Å². The van der Waals surface area contributed by atoms with Gasteiger partial charge < -0.3 is 19.8 Å². The molecule has 0 saturated carbocycles. The highest BCUT2D eigenvalue weighted by molar-refractivity contribution is 5.75. The first-order valence-electron chi connectivity index (χ1n) is 7.55. The van der Waals surface area contributed by atoms with Crippen LogP contribution in [0.25, 0.3) is 0 Å². The summed E-state index contributed by atoms with van der Waals surface area (Å²) in [6.45, 7) is 2.22. The Balaban J connectivity index is 1.66. The van der Waals surface area contributed by atoms with Gasteiger partial charge in [-0.05, 0) is 5.56 Å². The van der Waals surface area contributed by atoms with Crippen LogP contribution in [0.2, 0.25) is 0 Å². The van der Waals surface area contributed by atoms with Crippen LogP contribution in [0.3, 0.4) is 0 Å².